The van der Waals surface area contributed by atoms with Gasteiger partial charge in [0.1, 0.15) is 11.5 Å². The first-order chi connectivity index (χ1) is 15.6. The van der Waals surface area contributed by atoms with E-state index < -0.39 is 40.6 Å². The molecule has 1 aromatic heterocycles. The summed E-state index contributed by atoms with van der Waals surface area (Å²) in [5, 5.41) is 22.7. The topological polar surface area (TPSA) is 179 Å². The van der Waals surface area contributed by atoms with Gasteiger partial charge in [-0.2, -0.15) is 0 Å². The van der Waals surface area contributed by atoms with Gasteiger partial charge in [0.15, 0.2) is 11.9 Å². The molecule has 3 amide bonds. The Bertz CT molecular complexity index is 1180. The number of hydrogen-bond donors (Lipinski definition) is 2. The molecular weight excluding hydrogens is 442 g/mol. The monoisotopic (exact) mass is 459 g/mol. The van der Waals surface area contributed by atoms with E-state index in [-0.39, 0.29) is 35.1 Å². The molecule has 172 valence electrons. The highest BCUT2D eigenvalue weighted by molar-refractivity contribution is 6.13. The first kappa shape index (κ1) is 23.0. The molecule has 1 atom stereocenters. The molecule has 0 unspecified atom stereocenters. The number of nitrogens with one attached hydrogen (secondary N) is 1. The molecule has 33 heavy (non-hydrogen) atoms. The Hall–Kier alpha value is -4.68. The highest BCUT2D eigenvalue weighted by Crippen LogP contribution is 2.30. The maximum Gasteiger partial charge on any atom is 0.373 e. The number of carboxylic acid groups (broad SMARTS) is 1. The first-order valence-electron chi connectivity index (χ1n) is 9.30. The molecule has 1 aliphatic heterocycles. The number of nitrogens with zero attached hydrogens (tertiary/aromatic N) is 2. The molecule has 0 spiro atoms. The van der Waals surface area contributed by atoms with E-state index in [0.717, 1.165) is 11.0 Å². The molecule has 2 N–H and O–H groups in total. The number of imide groups is 1. The fourth-order valence-electron chi connectivity index (χ4n) is 2.82. The number of carbonyl (C=O) groups is 4. The fraction of sp³-hybridized carbons (Fsp3) is 0.200. The highest BCUT2D eigenvalue weighted by atomic mass is 16.6. The number of nitro groups is 1. The van der Waals surface area contributed by atoms with Crippen molar-refractivity contribution in [3.63, 3.8) is 0 Å². The zero-order valence-electron chi connectivity index (χ0n) is 17.3. The maximum absolute atomic E-state index is 12.6. The largest absolute Gasteiger partial charge is 0.479 e. The van der Waals surface area contributed by atoms with Crippen LogP contribution in [-0.4, -0.2) is 52.0 Å². The Morgan fingerprint density at radius 1 is 1.30 bits per heavy atom. The second kappa shape index (κ2) is 9.21. The van der Waals surface area contributed by atoms with Crippen LogP contribution in [0.1, 0.15) is 28.8 Å². The standard InChI is InChI=1S/C20H17N3O10/c1-10(18(25)26)32-15-5-3-11(8-14(15)23(29)30)7-13-17(24)22(20(28)21-13)9-12-4-6-16(33-12)19(27)31-2/h3-8,10H,9H2,1-2H3,(H,21,28)(H,25,26)/b13-7-/t10-/m0/s1. The zero-order valence-corrected chi connectivity index (χ0v) is 17.3. The van der Waals surface area contributed by atoms with Gasteiger partial charge in [0, 0.05) is 6.07 Å². The van der Waals surface area contributed by atoms with Gasteiger partial charge in [-0.25, -0.2) is 14.4 Å². The number of aliphatic carboxylic acids is 1. The van der Waals surface area contributed by atoms with E-state index in [1.165, 1.54) is 44.4 Å². The molecule has 0 radical (unpaired) electrons. The molecular formula is C20H17N3O10. The molecule has 0 bridgehead atoms. The number of esters is 1. The summed E-state index contributed by atoms with van der Waals surface area (Å²) in [6.45, 7) is 0.954. The van der Waals surface area contributed by atoms with E-state index in [1.807, 2.05) is 0 Å². The SMILES string of the molecule is COC(=O)c1ccc(CN2C(=O)N/C(=C\c3ccc(O[C@@H](C)C(=O)O)c([N+](=O)[O-])c3)C2=O)o1. The van der Waals surface area contributed by atoms with Crippen LogP contribution in [0.4, 0.5) is 10.5 Å². The number of carbonyl (C=O) groups excluding carboxylic acids is 3. The van der Waals surface area contributed by atoms with E-state index in [0.29, 0.717) is 0 Å². The maximum atomic E-state index is 12.6. The summed E-state index contributed by atoms with van der Waals surface area (Å²) in [6.07, 6.45) is -0.0990. The van der Waals surface area contributed by atoms with Crippen molar-refractivity contribution in [3.8, 4) is 5.75 Å². The predicted molar refractivity (Wildman–Crippen MR) is 108 cm³/mol. The van der Waals surface area contributed by atoms with Crippen LogP contribution in [0.15, 0.2) is 40.4 Å². The van der Waals surface area contributed by atoms with Gasteiger partial charge in [-0.05, 0) is 36.8 Å². The minimum atomic E-state index is -1.32. The van der Waals surface area contributed by atoms with Crippen LogP contribution < -0.4 is 10.1 Å². The summed E-state index contributed by atoms with van der Waals surface area (Å²) in [6, 6.07) is 5.63. The number of nitro benzene ring substituents is 1. The van der Waals surface area contributed by atoms with Gasteiger partial charge >= 0.3 is 23.7 Å². The van der Waals surface area contributed by atoms with E-state index in [1.54, 1.807) is 0 Å². The van der Waals surface area contributed by atoms with E-state index in [2.05, 4.69) is 10.1 Å². The number of furan rings is 1. The van der Waals surface area contributed by atoms with Crippen molar-refractivity contribution >= 4 is 35.6 Å². The van der Waals surface area contributed by atoms with Gasteiger partial charge in [-0.1, -0.05) is 6.07 Å². The van der Waals surface area contributed by atoms with Crippen LogP contribution in [0, 0.1) is 10.1 Å². The summed E-state index contributed by atoms with van der Waals surface area (Å²) < 4.78 is 14.9. The average molecular weight is 459 g/mol. The molecule has 2 aromatic rings. The molecule has 13 nitrogen and oxygen atoms in total. The van der Waals surface area contributed by atoms with Crippen molar-refractivity contribution < 1.29 is 43.1 Å². The number of ether oxygens (including phenoxy) is 2. The normalized spacial score (nSPS) is 15.3. The van der Waals surface area contributed by atoms with E-state index >= 15 is 0 Å². The lowest BCUT2D eigenvalue weighted by molar-refractivity contribution is -0.386. The first-order valence-corrected chi connectivity index (χ1v) is 9.30. The van der Waals surface area contributed by atoms with Crippen LogP contribution in [0.2, 0.25) is 0 Å². The predicted octanol–water partition coefficient (Wildman–Crippen LogP) is 1.92. The Labute approximate surface area is 185 Å². The Morgan fingerprint density at radius 2 is 2.03 bits per heavy atom. The summed E-state index contributed by atoms with van der Waals surface area (Å²) >= 11 is 0. The number of rotatable bonds is 8. The lowest BCUT2D eigenvalue weighted by Crippen LogP contribution is -2.30. The average Bonchev–Trinajstić information content (AvgIpc) is 3.34. The molecule has 1 aliphatic rings. The molecule has 3 rings (SSSR count). The number of urea groups is 1. The van der Waals surface area contributed by atoms with Gasteiger partial charge in [0.25, 0.3) is 5.91 Å². The second-order valence-electron chi connectivity index (χ2n) is 6.72. The molecule has 1 fully saturated rings. The number of hydrogen-bond acceptors (Lipinski definition) is 9. The van der Waals surface area contributed by atoms with Gasteiger partial charge in [0.05, 0.1) is 18.6 Å². The summed E-state index contributed by atoms with van der Waals surface area (Å²) in [7, 11) is 1.18. The van der Waals surface area contributed by atoms with Gasteiger partial charge in [0.2, 0.25) is 5.76 Å². The van der Waals surface area contributed by atoms with Crippen LogP contribution in [0.5, 0.6) is 5.75 Å². The van der Waals surface area contributed by atoms with Crippen molar-refractivity contribution in [2.75, 3.05) is 7.11 Å². The van der Waals surface area contributed by atoms with Crippen LogP contribution in [0.25, 0.3) is 6.08 Å². The molecule has 2 heterocycles. The summed E-state index contributed by atoms with van der Waals surface area (Å²) in [4.78, 5) is 58.7. The summed E-state index contributed by atoms with van der Waals surface area (Å²) in [5.74, 6) is -2.94. The van der Waals surface area contributed by atoms with Crippen molar-refractivity contribution in [3.05, 3.63) is 63.2 Å². The third-order valence-corrected chi connectivity index (χ3v) is 4.47. The Kier molecular flexibility index (Phi) is 6.42. The van der Waals surface area contributed by atoms with Gasteiger partial charge in [-0.3, -0.25) is 19.8 Å². The lowest BCUT2D eigenvalue weighted by atomic mass is 10.1. The highest BCUT2D eigenvalue weighted by Gasteiger charge is 2.34. The van der Waals surface area contributed by atoms with Crippen molar-refractivity contribution in [1.29, 1.82) is 0 Å². The third-order valence-electron chi connectivity index (χ3n) is 4.47. The fourth-order valence-corrected chi connectivity index (χ4v) is 2.82. The van der Waals surface area contributed by atoms with Crippen molar-refractivity contribution in [2.45, 2.75) is 19.6 Å². The van der Waals surface area contributed by atoms with E-state index in [4.69, 9.17) is 14.3 Å². The molecule has 0 saturated carbocycles. The van der Waals surface area contributed by atoms with Crippen LogP contribution in [-0.2, 0) is 20.9 Å². The molecule has 1 saturated heterocycles. The third kappa shape index (κ3) is 4.98. The van der Waals surface area contributed by atoms with E-state index in [9.17, 15) is 29.3 Å². The smallest absolute Gasteiger partial charge is 0.373 e. The second-order valence-corrected chi connectivity index (χ2v) is 6.72. The lowest BCUT2D eigenvalue weighted by Gasteiger charge is -2.11. The molecule has 0 aliphatic carbocycles. The van der Waals surface area contributed by atoms with Crippen LogP contribution in [0.3, 0.4) is 0 Å². The Morgan fingerprint density at radius 3 is 2.67 bits per heavy atom. The van der Waals surface area contributed by atoms with Crippen molar-refractivity contribution in [1.82, 2.24) is 10.2 Å². The number of methoxy groups -OCH3 is 1. The summed E-state index contributed by atoms with van der Waals surface area (Å²) in [5.41, 5.74) is -0.480. The zero-order chi connectivity index (χ0) is 24.3. The molecule has 13 heteroatoms. The minimum Gasteiger partial charge on any atom is -0.479 e. The number of benzene rings is 1. The Balaban J connectivity index is 1.81. The van der Waals surface area contributed by atoms with Crippen LogP contribution >= 0.6 is 0 Å². The van der Waals surface area contributed by atoms with Gasteiger partial charge < -0.3 is 24.3 Å². The number of carboxylic acids is 1. The minimum absolute atomic E-state index is 0.0952. The van der Waals surface area contributed by atoms with Gasteiger partial charge in [-0.15, -0.1) is 0 Å². The number of amides is 3. The molecule has 1 aromatic carbocycles. The quantitative estimate of drug-likeness (QED) is 0.195. The van der Waals surface area contributed by atoms with Crippen molar-refractivity contribution in [2.24, 2.45) is 0 Å².